The monoisotopic (exact) mass is 271 g/mol. The molecule has 2 rings (SSSR count). The molecule has 0 aliphatic rings. The van der Waals surface area contributed by atoms with Crippen molar-refractivity contribution in [2.75, 3.05) is 5.32 Å². The van der Waals surface area contributed by atoms with E-state index in [1.165, 1.54) is 0 Å². The lowest BCUT2D eigenvalue weighted by atomic mass is 10.1. The molecule has 0 heterocycles. The quantitative estimate of drug-likeness (QED) is 0.809. The van der Waals surface area contributed by atoms with Crippen LogP contribution in [-0.4, -0.2) is 5.78 Å². The van der Waals surface area contributed by atoms with Gasteiger partial charge in [-0.25, -0.2) is 0 Å². The molecule has 0 spiro atoms. The zero-order chi connectivity index (χ0) is 13.7. The molecule has 0 unspecified atom stereocenters. The summed E-state index contributed by atoms with van der Waals surface area (Å²) in [5.41, 5.74) is 2.23. The average Bonchev–Trinajstić information content (AvgIpc) is 2.42. The van der Waals surface area contributed by atoms with E-state index < -0.39 is 0 Å². The summed E-state index contributed by atoms with van der Waals surface area (Å²) in [7, 11) is 0. The van der Waals surface area contributed by atoms with E-state index in [-0.39, 0.29) is 12.2 Å². The Bertz CT molecular complexity index is 575. The molecule has 0 bridgehead atoms. The van der Waals surface area contributed by atoms with E-state index in [9.17, 15) is 4.79 Å². The third kappa shape index (κ3) is 3.97. The van der Waals surface area contributed by atoms with E-state index >= 15 is 0 Å². The van der Waals surface area contributed by atoms with Crippen molar-refractivity contribution in [2.45, 2.75) is 6.42 Å². The molecule has 0 saturated heterocycles. The van der Waals surface area contributed by atoms with Crippen molar-refractivity contribution in [2.24, 2.45) is 0 Å². The van der Waals surface area contributed by atoms with Crippen LogP contribution in [0, 0.1) is 0 Å². The zero-order valence-corrected chi connectivity index (χ0v) is 11.2. The van der Waals surface area contributed by atoms with Crippen molar-refractivity contribution in [3.63, 3.8) is 0 Å². The summed E-state index contributed by atoms with van der Waals surface area (Å²) in [5.74, 6) is 0.0482. The third-order valence-corrected chi connectivity index (χ3v) is 2.89. The Morgan fingerprint density at radius 1 is 1.05 bits per heavy atom. The van der Waals surface area contributed by atoms with E-state index in [2.05, 4.69) is 11.9 Å². The zero-order valence-electron chi connectivity index (χ0n) is 10.4. The van der Waals surface area contributed by atoms with Gasteiger partial charge in [0.15, 0.2) is 5.78 Å². The van der Waals surface area contributed by atoms with E-state index in [0.717, 1.165) is 5.69 Å². The largest absolute Gasteiger partial charge is 0.359 e. The Morgan fingerprint density at radius 2 is 1.68 bits per heavy atom. The van der Waals surface area contributed by atoms with Gasteiger partial charge in [-0.1, -0.05) is 48.5 Å². The SMILES string of the molecule is C=C(CC(=O)c1ccccc1)Nc1ccc(Cl)cc1. The number of hydrogen-bond acceptors (Lipinski definition) is 2. The predicted octanol–water partition coefficient (Wildman–Crippen LogP) is 4.54. The van der Waals surface area contributed by atoms with Crippen LogP contribution in [0.15, 0.2) is 66.9 Å². The first kappa shape index (κ1) is 13.4. The highest BCUT2D eigenvalue weighted by Crippen LogP contribution is 2.16. The molecule has 19 heavy (non-hydrogen) atoms. The first-order valence-electron chi connectivity index (χ1n) is 5.94. The van der Waals surface area contributed by atoms with Crippen LogP contribution in [0.3, 0.4) is 0 Å². The Balaban J connectivity index is 1.95. The second-order valence-electron chi connectivity index (χ2n) is 4.20. The van der Waals surface area contributed by atoms with E-state index in [1.807, 2.05) is 30.3 Å². The molecule has 2 aromatic rings. The molecule has 0 aliphatic heterocycles. The summed E-state index contributed by atoms with van der Waals surface area (Å²) in [6.45, 7) is 3.87. The summed E-state index contributed by atoms with van der Waals surface area (Å²) in [5, 5.41) is 3.77. The second-order valence-corrected chi connectivity index (χ2v) is 4.64. The van der Waals surface area contributed by atoms with Gasteiger partial charge in [-0.05, 0) is 24.3 Å². The van der Waals surface area contributed by atoms with Gasteiger partial charge in [0.25, 0.3) is 0 Å². The normalized spacial score (nSPS) is 9.95. The number of Topliss-reactive ketones (excluding diaryl/α,β-unsaturated/α-hetero) is 1. The third-order valence-electron chi connectivity index (χ3n) is 2.64. The molecule has 0 amide bonds. The number of halogens is 1. The molecule has 0 atom stereocenters. The van der Waals surface area contributed by atoms with Crippen LogP contribution in [0.1, 0.15) is 16.8 Å². The van der Waals surface area contributed by atoms with Crippen molar-refractivity contribution in [1.82, 2.24) is 0 Å². The number of allylic oxidation sites excluding steroid dienone is 1. The standard InChI is InChI=1S/C16H14ClNO/c1-12(18-15-9-7-14(17)8-10-15)11-16(19)13-5-3-2-4-6-13/h2-10,18H,1,11H2. The molecule has 0 radical (unpaired) electrons. The number of benzene rings is 2. The van der Waals surface area contributed by atoms with Crippen LogP contribution in [0.2, 0.25) is 5.02 Å². The van der Waals surface area contributed by atoms with Crippen molar-refractivity contribution in [3.8, 4) is 0 Å². The second kappa shape index (κ2) is 6.21. The van der Waals surface area contributed by atoms with Crippen molar-refractivity contribution >= 4 is 23.1 Å². The fraction of sp³-hybridized carbons (Fsp3) is 0.0625. The number of carbonyl (C=O) groups is 1. The van der Waals surface area contributed by atoms with Crippen LogP contribution in [0.4, 0.5) is 5.69 Å². The highest BCUT2D eigenvalue weighted by molar-refractivity contribution is 6.30. The molecule has 0 aliphatic carbocycles. The fourth-order valence-electron chi connectivity index (χ4n) is 1.70. The number of anilines is 1. The van der Waals surface area contributed by atoms with Gasteiger partial charge in [-0.15, -0.1) is 0 Å². The highest BCUT2D eigenvalue weighted by atomic mass is 35.5. The Labute approximate surface area is 117 Å². The van der Waals surface area contributed by atoms with Gasteiger partial charge in [-0.2, -0.15) is 0 Å². The maximum atomic E-state index is 12.0. The van der Waals surface area contributed by atoms with E-state index in [4.69, 9.17) is 11.6 Å². The van der Waals surface area contributed by atoms with Crippen LogP contribution in [0.25, 0.3) is 0 Å². The molecule has 0 saturated carbocycles. The molecule has 96 valence electrons. The van der Waals surface area contributed by atoms with Crippen LogP contribution < -0.4 is 5.32 Å². The Kier molecular flexibility index (Phi) is 4.37. The van der Waals surface area contributed by atoms with Gasteiger partial charge in [0.2, 0.25) is 0 Å². The van der Waals surface area contributed by atoms with Gasteiger partial charge in [0.05, 0.1) is 6.42 Å². The number of hydrogen-bond donors (Lipinski definition) is 1. The lowest BCUT2D eigenvalue weighted by Crippen LogP contribution is -2.06. The number of nitrogens with one attached hydrogen (secondary N) is 1. The molecule has 2 aromatic carbocycles. The molecular formula is C16H14ClNO. The molecule has 3 heteroatoms. The molecule has 0 fully saturated rings. The smallest absolute Gasteiger partial charge is 0.168 e. The summed E-state index contributed by atoms with van der Waals surface area (Å²) < 4.78 is 0. The van der Waals surface area contributed by atoms with Crippen molar-refractivity contribution < 1.29 is 4.79 Å². The lowest BCUT2D eigenvalue weighted by Gasteiger charge is -2.09. The number of rotatable bonds is 5. The van der Waals surface area contributed by atoms with Crippen LogP contribution in [0.5, 0.6) is 0 Å². The Morgan fingerprint density at radius 3 is 2.32 bits per heavy atom. The first-order chi connectivity index (χ1) is 9.15. The summed E-state index contributed by atoms with van der Waals surface area (Å²) in [6.07, 6.45) is 0.270. The highest BCUT2D eigenvalue weighted by Gasteiger charge is 2.07. The van der Waals surface area contributed by atoms with E-state index in [1.54, 1.807) is 24.3 Å². The average molecular weight is 272 g/mol. The van der Waals surface area contributed by atoms with E-state index in [0.29, 0.717) is 16.3 Å². The van der Waals surface area contributed by atoms with Crippen molar-refractivity contribution in [3.05, 3.63) is 77.5 Å². The van der Waals surface area contributed by atoms with Gasteiger partial charge in [0, 0.05) is 22.0 Å². The van der Waals surface area contributed by atoms with Gasteiger partial charge >= 0.3 is 0 Å². The summed E-state index contributed by atoms with van der Waals surface area (Å²) >= 11 is 5.81. The van der Waals surface area contributed by atoms with Crippen LogP contribution in [-0.2, 0) is 0 Å². The minimum Gasteiger partial charge on any atom is -0.359 e. The molecule has 1 N–H and O–H groups in total. The van der Waals surface area contributed by atoms with Gasteiger partial charge in [-0.3, -0.25) is 4.79 Å². The molecule has 2 nitrogen and oxygen atoms in total. The lowest BCUT2D eigenvalue weighted by molar-refractivity contribution is 0.0993. The topological polar surface area (TPSA) is 29.1 Å². The predicted molar refractivity (Wildman–Crippen MR) is 79.6 cm³/mol. The molecule has 0 aromatic heterocycles. The minimum absolute atomic E-state index is 0.0482. The fourth-order valence-corrected chi connectivity index (χ4v) is 1.83. The summed E-state index contributed by atoms with van der Waals surface area (Å²) in [4.78, 5) is 12.0. The maximum Gasteiger partial charge on any atom is 0.168 e. The van der Waals surface area contributed by atoms with Crippen molar-refractivity contribution in [1.29, 1.82) is 0 Å². The first-order valence-corrected chi connectivity index (χ1v) is 6.31. The van der Waals surface area contributed by atoms with Gasteiger partial charge < -0.3 is 5.32 Å². The molecular weight excluding hydrogens is 258 g/mol. The Hall–Kier alpha value is -2.06. The number of ketones is 1. The van der Waals surface area contributed by atoms with Gasteiger partial charge in [0.1, 0.15) is 0 Å². The summed E-state index contributed by atoms with van der Waals surface area (Å²) in [6, 6.07) is 16.5. The number of carbonyl (C=O) groups excluding carboxylic acids is 1. The maximum absolute atomic E-state index is 12.0. The van der Waals surface area contributed by atoms with Crippen LogP contribution >= 0.6 is 11.6 Å². The minimum atomic E-state index is 0.0482.